The predicted molar refractivity (Wildman–Crippen MR) is 42.7 cm³/mol. The van der Waals surface area contributed by atoms with Crippen molar-refractivity contribution in [3.63, 3.8) is 0 Å². The second-order valence-electron chi connectivity index (χ2n) is 2.50. The monoisotopic (exact) mass is 198 g/mol. The van der Waals surface area contributed by atoms with Gasteiger partial charge in [0.25, 0.3) is 0 Å². The van der Waals surface area contributed by atoms with Crippen molar-refractivity contribution >= 4 is 18.0 Å². The van der Waals surface area contributed by atoms with Gasteiger partial charge in [-0.2, -0.15) is 4.79 Å². The number of nitrogens with one attached hydrogen (secondary N) is 1. The van der Waals surface area contributed by atoms with Gasteiger partial charge in [-0.3, -0.25) is 0 Å². The summed E-state index contributed by atoms with van der Waals surface area (Å²) < 4.78 is 0. The van der Waals surface area contributed by atoms with Crippen molar-refractivity contribution in [2.75, 3.05) is 0 Å². The second-order valence-corrected chi connectivity index (χ2v) is 2.50. The number of amides is 1. The molecule has 0 aromatic heterocycles. The van der Waals surface area contributed by atoms with Crippen molar-refractivity contribution in [1.82, 2.24) is 0 Å². The van der Waals surface area contributed by atoms with Gasteiger partial charge in [-0.05, 0) is 6.07 Å². The third-order valence-electron chi connectivity index (χ3n) is 1.75. The molecule has 0 fully saturated rings. The van der Waals surface area contributed by atoms with E-state index in [-0.39, 0.29) is 17.4 Å². The lowest BCUT2D eigenvalue weighted by atomic mass is 10.2. The van der Waals surface area contributed by atoms with Crippen LogP contribution in [-0.2, 0) is 0 Å². The third-order valence-corrected chi connectivity index (χ3v) is 1.75. The summed E-state index contributed by atoms with van der Waals surface area (Å²) in [6.45, 7) is 0. The number of benzene rings is 1. The maximum Gasteiger partial charge on any atom is 0.544 e. The van der Waals surface area contributed by atoms with Crippen molar-refractivity contribution in [2.24, 2.45) is 5.10 Å². The van der Waals surface area contributed by atoms with Gasteiger partial charge in [-0.1, -0.05) is 22.2 Å². The molecule has 68 valence electrons. The number of carbonyl (C=O) groups is 1. The molecule has 0 saturated heterocycles. The van der Waals surface area contributed by atoms with Crippen LogP contribution in [0.1, 0.15) is 5.56 Å². The highest BCUT2D eigenvalue weighted by Crippen LogP contribution is 2.10. The Bertz CT molecular complexity index is 365. The first-order chi connectivity index (χ1) is 5.79. The quantitative estimate of drug-likeness (QED) is 0.475. The number of halogens is 1. The highest BCUT2D eigenvalue weighted by Gasteiger charge is 2.27. The Morgan fingerprint density at radius 1 is 1.38 bits per heavy atom. The van der Waals surface area contributed by atoms with Crippen molar-refractivity contribution in [3.05, 3.63) is 29.8 Å². The molecular weight excluding hydrogens is 192 g/mol. The minimum Gasteiger partial charge on any atom is -1.00 e. The zero-order chi connectivity index (χ0) is 8.55. The van der Waals surface area contributed by atoms with Crippen LogP contribution in [0.2, 0.25) is 0 Å². The van der Waals surface area contributed by atoms with Gasteiger partial charge in [0.05, 0.1) is 11.8 Å². The summed E-state index contributed by atoms with van der Waals surface area (Å²) in [6.07, 6.45) is 0.592. The molecule has 1 atom stereocenters. The molecule has 0 aliphatic carbocycles. The number of fused-ring (bicyclic) bond motifs is 1. The van der Waals surface area contributed by atoms with E-state index in [0.717, 1.165) is 5.56 Å². The number of hydrogen-bond acceptors (Lipinski definition) is 2. The highest BCUT2D eigenvalue weighted by molar-refractivity contribution is 5.88. The number of hydrogen-bond donors (Lipinski definition) is 2. The van der Waals surface area contributed by atoms with Crippen molar-refractivity contribution in [2.45, 2.75) is 0 Å². The van der Waals surface area contributed by atoms with E-state index < -0.39 is 6.09 Å². The lowest BCUT2D eigenvalue weighted by molar-refractivity contribution is -0.755. The fraction of sp³-hybridized carbons (Fsp3) is 0. The van der Waals surface area contributed by atoms with Crippen molar-refractivity contribution in [3.8, 4) is 0 Å². The molecule has 5 heteroatoms. The molecule has 4 nitrogen and oxygen atoms in total. The average Bonchev–Trinajstić information content (AvgIpc) is 2.47. The first kappa shape index (κ1) is 9.70. The van der Waals surface area contributed by atoms with Gasteiger partial charge in [-0.25, -0.2) is 0 Å². The maximum atomic E-state index is 10.6. The zero-order valence-electron chi connectivity index (χ0n) is 6.57. The lowest BCUT2D eigenvalue weighted by Gasteiger charge is -1.99. The number of carboxylic acid groups (broad SMARTS) is 1. The van der Waals surface area contributed by atoms with E-state index in [1.165, 1.54) is 0 Å². The summed E-state index contributed by atoms with van der Waals surface area (Å²) in [7, 11) is 0. The van der Waals surface area contributed by atoms with Gasteiger partial charge in [-0.15, -0.1) is 0 Å². The summed E-state index contributed by atoms with van der Waals surface area (Å²) in [5, 5.41) is 12.6. The minimum absolute atomic E-state index is 0. The van der Waals surface area contributed by atoms with Crippen LogP contribution >= 0.6 is 0 Å². The Morgan fingerprint density at radius 3 is 2.77 bits per heavy atom. The Hall–Kier alpha value is -1.39. The number of nitrogens with zero attached hydrogens (tertiary/aromatic N) is 1. The van der Waals surface area contributed by atoms with Gasteiger partial charge >= 0.3 is 6.09 Å². The van der Waals surface area contributed by atoms with Crippen LogP contribution in [0.4, 0.5) is 10.5 Å². The molecule has 1 amide bonds. The minimum atomic E-state index is -0.976. The zero-order valence-corrected chi connectivity index (χ0v) is 7.32. The third kappa shape index (κ3) is 1.54. The van der Waals surface area contributed by atoms with Gasteiger partial charge in [0, 0.05) is 6.07 Å². The molecular formula is C8H7ClN2O2. The number of para-hydroxylation sites is 1. The van der Waals surface area contributed by atoms with E-state index in [1.807, 2.05) is 12.1 Å². The van der Waals surface area contributed by atoms with E-state index >= 15 is 0 Å². The molecule has 1 aliphatic heterocycles. The topological polar surface area (TPSA) is 54.1 Å². The first-order valence-corrected chi connectivity index (χ1v) is 3.53. The Labute approximate surface area is 80.9 Å². The number of rotatable bonds is 0. The second kappa shape index (κ2) is 3.55. The van der Waals surface area contributed by atoms with E-state index in [9.17, 15) is 4.79 Å². The Morgan fingerprint density at radius 2 is 2.08 bits per heavy atom. The van der Waals surface area contributed by atoms with E-state index in [2.05, 4.69) is 5.10 Å². The van der Waals surface area contributed by atoms with E-state index in [4.69, 9.17) is 5.11 Å². The summed E-state index contributed by atoms with van der Waals surface area (Å²) in [5.41, 5.74) is 1.57. The van der Waals surface area contributed by atoms with Gasteiger partial charge in [0.1, 0.15) is 0 Å². The SMILES string of the molecule is O=C(O)[NH+]1N=Cc2ccccc21.[Cl-]. The Kier molecular flexibility index (Phi) is 2.65. The molecule has 0 bridgehead atoms. The molecule has 0 spiro atoms. The molecule has 1 aromatic rings. The molecule has 2 rings (SSSR count). The first-order valence-electron chi connectivity index (χ1n) is 3.53. The largest absolute Gasteiger partial charge is 1.00 e. The maximum absolute atomic E-state index is 10.6. The normalized spacial score (nSPS) is 17.7. The van der Waals surface area contributed by atoms with Crippen LogP contribution in [-0.4, -0.2) is 17.4 Å². The Balaban J connectivity index is 0.000000845. The molecule has 1 aliphatic rings. The number of quaternary nitrogens is 1. The predicted octanol–water partition coefficient (Wildman–Crippen LogP) is -2.77. The van der Waals surface area contributed by atoms with Gasteiger partial charge < -0.3 is 17.5 Å². The lowest BCUT2D eigenvalue weighted by Crippen LogP contribution is -3.04. The smallest absolute Gasteiger partial charge is 0.544 e. The summed E-state index contributed by atoms with van der Waals surface area (Å²) in [4.78, 5) is 10.6. The fourth-order valence-electron chi connectivity index (χ4n) is 1.20. The molecule has 1 unspecified atom stereocenters. The molecule has 0 saturated carbocycles. The van der Waals surface area contributed by atoms with Crippen LogP contribution in [0.3, 0.4) is 0 Å². The average molecular weight is 199 g/mol. The van der Waals surface area contributed by atoms with Crippen LogP contribution < -0.4 is 17.4 Å². The molecule has 2 N–H and O–H groups in total. The van der Waals surface area contributed by atoms with Crippen LogP contribution in [0.15, 0.2) is 29.4 Å². The summed E-state index contributed by atoms with van der Waals surface area (Å²) in [5.74, 6) is 0. The van der Waals surface area contributed by atoms with E-state index in [0.29, 0.717) is 5.69 Å². The van der Waals surface area contributed by atoms with Crippen LogP contribution in [0, 0.1) is 0 Å². The van der Waals surface area contributed by atoms with Gasteiger partial charge in [0.15, 0.2) is 5.69 Å². The standard InChI is InChI=1S/C8H6N2O2.ClH/c11-8(12)10-7-4-2-1-3-6(7)5-9-10;/h1-5H,(H,11,12);1H. The van der Waals surface area contributed by atoms with Crippen LogP contribution in [0.25, 0.3) is 0 Å². The molecule has 13 heavy (non-hydrogen) atoms. The fourth-order valence-corrected chi connectivity index (χ4v) is 1.20. The van der Waals surface area contributed by atoms with Crippen LogP contribution in [0.5, 0.6) is 0 Å². The van der Waals surface area contributed by atoms with E-state index in [1.54, 1.807) is 18.3 Å². The van der Waals surface area contributed by atoms with Gasteiger partial charge in [0.2, 0.25) is 0 Å². The van der Waals surface area contributed by atoms with Crippen molar-refractivity contribution < 1.29 is 27.3 Å². The summed E-state index contributed by atoms with van der Waals surface area (Å²) >= 11 is 0. The summed E-state index contributed by atoms with van der Waals surface area (Å²) in [6, 6.07) is 7.26. The molecule has 0 radical (unpaired) electrons. The highest BCUT2D eigenvalue weighted by atomic mass is 35.5. The molecule has 1 aromatic carbocycles. The molecule has 1 heterocycles. The van der Waals surface area contributed by atoms with Crippen molar-refractivity contribution in [1.29, 1.82) is 0 Å².